The number of hydrogen-bond donors (Lipinski definition) is 8. The third kappa shape index (κ3) is 103. The number of Topliss-reactive ketones (excluding diaryl/α,β-unsaturated/α-hetero) is 1. The first-order valence-electron chi connectivity index (χ1n) is 51.1. The van der Waals surface area contributed by atoms with Crippen LogP contribution in [0.25, 0.3) is 0 Å². The molecule has 16 nitrogen and oxygen atoms in total. The number of rotatable bonds is 0. The normalized spacial score (nSPS) is 23.4. The van der Waals surface area contributed by atoms with E-state index in [0.717, 1.165) is 122 Å². The average Bonchev–Trinajstić information content (AvgIpc) is 1.86. The minimum absolute atomic E-state index is 0.312. The lowest BCUT2D eigenvalue weighted by Crippen LogP contribution is -2.35. The van der Waals surface area contributed by atoms with Crippen LogP contribution in [0.4, 0.5) is 0 Å². The molecule has 0 unspecified atom stereocenters. The van der Waals surface area contributed by atoms with Crippen LogP contribution in [0.15, 0.2) is 72.1 Å². The monoisotopic (exact) mass is 1780 g/mol. The van der Waals surface area contributed by atoms with Crippen LogP contribution in [0, 0.1) is 0 Å². The number of hydrogen-bond acceptors (Lipinski definition) is 18. The van der Waals surface area contributed by atoms with Gasteiger partial charge in [-0.1, -0.05) is 262 Å². The predicted molar refractivity (Wildman–Crippen MR) is 537 cm³/mol. The maximum absolute atomic E-state index is 10.9. The van der Waals surface area contributed by atoms with E-state index in [-0.39, 0.29) is 0 Å². The van der Waals surface area contributed by atoms with Gasteiger partial charge in [-0.05, 0) is 219 Å². The Morgan fingerprint density at radius 2 is 0.587 bits per heavy atom. The molecular formula is C101H196N8O8S4. The maximum atomic E-state index is 10.9. The zero-order chi connectivity index (χ0) is 86.5. The van der Waals surface area contributed by atoms with Gasteiger partial charge in [0.05, 0.1) is 37.6 Å². The molecule has 21 rings (SSSR count). The summed E-state index contributed by atoms with van der Waals surface area (Å²) >= 11 is 3.70. The molecule has 9 aliphatic carbocycles. The molecular weight excluding hydrogens is 1580 g/mol. The first-order valence-corrected chi connectivity index (χ1v) is 57.1. The van der Waals surface area contributed by atoms with Crippen molar-refractivity contribution < 1.29 is 36.4 Å². The summed E-state index contributed by atoms with van der Waals surface area (Å²) in [5, 5.41) is 29.2. The van der Waals surface area contributed by atoms with E-state index in [9.17, 15) is 17.4 Å². The average molecular weight is 1780 g/mol. The van der Waals surface area contributed by atoms with Crippen LogP contribution in [0.1, 0.15) is 392 Å². The molecule has 0 bridgehead atoms. The van der Waals surface area contributed by atoms with Crippen molar-refractivity contribution in [3.05, 3.63) is 72.1 Å². The smallest absolute Gasteiger partial charge is 0.152 e. The molecule has 0 amide bonds. The van der Waals surface area contributed by atoms with Crippen LogP contribution in [0.5, 0.6) is 0 Å². The Labute approximate surface area is 758 Å². The first-order chi connectivity index (χ1) is 59.8. The van der Waals surface area contributed by atoms with Crippen molar-refractivity contribution in [1.29, 1.82) is 0 Å². The Balaban J connectivity index is 0.000000636. The van der Waals surface area contributed by atoms with E-state index in [1.807, 2.05) is 47.3 Å². The van der Waals surface area contributed by atoms with Crippen molar-refractivity contribution in [2.45, 2.75) is 392 Å². The summed E-state index contributed by atoms with van der Waals surface area (Å²) < 4.78 is 52.0. The van der Waals surface area contributed by atoms with E-state index >= 15 is 0 Å². The number of nitrogens with one attached hydrogen (secondary N) is 8. The van der Waals surface area contributed by atoms with Gasteiger partial charge in [0, 0.05) is 127 Å². The fourth-order valence-electron chi connectivity index (χ4n) is 14.0. The van der Waals surface area contributed by atoms with E-state index in [1.165, 1.54) is 411 Å². The molecule has 0 aromatic heterocycles. The van der Waals surface area contributed by atoms with Gasteiger partial charge >= 0.3 is 0 Å². The molecule has 0 aromatic rings. The van der Waals surface area contributed by atoms with Gasteiger partial charge in [-0.3, -0.25) is 9.00 Å². The van der Waals surface area contributed by atoms with Crippen LogP contribution in [0.3, 0.4) is 0 Å². The second-order valence-electron chi connectivity index (χ2n) is 34.4. The second kappa shape index (κ2) is 102. The van der Waals surface area contributed by atoms with Crippen molar-refractivity contribution in [2.75, 3.05) is 166 Å². The molecule has 121 heavy (non-hydrogen) atoms. The number of morpholine rings is 1. The predicted octanol–water partition coefficient (Wildman–Crippen LogP) is 23.8. The molecule has 0 radical (unpaired) electrons. The number of carbonyl (C=O) groups excluding carboxylic acids is 1. The Morgan fingerprint density at radius 1 is 0.273 bits per heavy atom. The standard InChI is InChI=1S/2C7H14.C6H12O.2C5H11N.C5H9N.C5H10OS.C5H8O.2C5H10.2C5H8.C4H9NO2S.C4H9NO.C4H9NS.C4H5NS.C4H9N.C4H8O.C4H6O.2C4H8/c3*1-2-4-6-7-5-3-1;3*1-2-4-6-5-3-1;1-7(6)4-2-3-5-7;6-5-3-1-2-4-5;4*1-2-4-5-3-1;6-8(7)3-1-5-2-4-8;3*1-3-6-4-2-5-1;3*1-2-4-5-3-1;2*1-2-4-3-1/h2*1-7H2;1-6H2;2*6H,1-5H2;2,4,6H,1,3,5H2;1-5H2;1-4H2;2*1-5H2;2*1-2H,3-5H2;5H,1-4H2;2*5H,1-4H2;1-5H;5H,1-4H2;1-4H2;1,3H,2,4H2;2*1-4H2. The van der Waals surface area contributed by atoms with Gasteiger partial charge in [-0.2, -0.15) is 11.8 Å². The van der Waals surface area contributed by atoms with E-state index < -0.39 is 19.4 Å². The zero-order valence-electron chi connectivity index (χ0n) is 78.6. The van der Waals surface area contributed by atoms with Crippen molar-refractivity contribution >= 4 is 54.5 Å². The van der Waals surface area contributed by atoms with Crippen molar-refractivity contribution in [3.8, 4) is 0 Å². The Hall–Kier alpha value is -2.18. The molecule has 0 spiro atoms. The number of sulfone groups is 1. The van der Waals surface area contributed by atoms with E-state index in [2.05, 4.69) is 78.8 Å². The number of ketones is 1. The zero-order valence-corrected chi connectivity index (χ0v) is 81.8. The fraction of sp³-hybridized carbons (Fsp3) is 0.861. The van der Waals surface area contributed by atoms with Crippen LogP contribution < -0.4 is 42.5 Å². The minimum atomic E-state index is -2.65. The molecule has 21 aliphatic rings. The van der Waals surface area contributed by atoms with Gasteiger partial charge in [0.2, 0.25) is 0 Å². The van der Waals surface area contributed by atoms with E-state index in [4.69, 9.17) is 18.9 Å². The number of thioether (sulfide) groups is 2. The lowest BCUT2D eigenvalue weighted by molar-refractivity contribution is -0.117. The van der Waals surface area contributed by atoms with Crippen LogP contribution in [-0.4, -0.2) is 190 Å². The molecule has 0 atom stereocenters. The molecule has 8 N–H and O–H groups in total. The number of carbonyl (C=O) groups is 1. The highest BCUT2D eigenvalue weighted by atomic mass is 32.2. The van der Waals surface area contributed by atoms with Gasteiger partial charge in [-0.15, -0.1) is 11.8 Å². The maximum Gasteiger partial charge on any atom is 0.152 e. The summed E-state index contributed by atoms with van der Waals surface area (Å²) in [4.78, 5) is 10.2. The summed E-state index contributed by atoms with van der Waals surface area (Å²) in [5.74, 6) is 9.02. The van der Waals surface area contributed by atoms with E-state index in [0.29, 0.717) is 30.4 Å². The lowest BCUT2D eigenvalue weighted by Gasteiger charge is -2.10. The molecule has 9 saturated heterocycles. The molecule has 20 heteroatoms. The fourth-order valence-corrected chi connectivity index (χ4v) is 18.0. The molecule has 712 valence electrons. The van der Waals surface area contributed by atoms with Crippen molar-refractivity contribution in [3.63, 3.8) is 0 Å². The van der Waals surface area contributed by atoms with Crippen LogP contribution in [0.2, 0.25) is 0 Å². The van der Waals surface area contributed by atoms with Crippen LogP contribution in [-0.2, 0) is 43.1 Å². The third-order valence-electron chi connectivity index (χ3n) is 22.7. The van der Waals surface area contributed by atoms with Crippen molar-refractivity contribution in [1.82, 2.24) is 42.5 Å². The molecule has 16 fully saturated rings. The largest absolute Gasteiger partial charge is 0.501 e. The Bertz CT molecular complexity index is 2060. The summed E-state index contributed by atoms with van der Waals surface area (Å²) in [6, 6.07) is 0. The van der Waals surface area contributed by atoms with Crippen LogP contribution >= 0.6 is 23.5 Å². The summed E-state index contributed by atoms with van der Waals surface area (Å²) in [5.41, 5.74) is 0. The van der Waals surface area contributed by atoms with Gasteiger partial charge in [0.15, 0.2) is 9.84 Å². The quantitative estimate of drug-likeness (QED) is 0.0646. The Morgan fingerprint density at radius 3 is 0.727 bits per heavy atom. The Kier molecular flexibility index (Phi) is 98.1. The molecule has 7 saturated carbocycles. The lowest BCUT2D eigenvalue weighted by atomic mass is 10.0. The molecule has 0 aromatic carbocycles. The minimum Gasteiger partial charge on any atom is -0.501 e. The van der Waals surface area contributed by atoms with Gasteiger partial charge in [0.1, 0.15) is 5.78 Å². The third-order valence-corrected chi connectivity index (χ3v) is 28.0. The topological polar surface area (TPSA) is 201 Å². The highest BCUT2D eigenvalue weighted by Crippen LogP contribution is 2.20. The molecule has 12 aliphatic heterocycles. The second-order valence-corrected chi connectivity index (χ2v) is 41.5. The van der Waals surface area contributed by atoms with E-state index in [1.54, 1.807) is 18.0 Å². The summed E-state index contributed by atoms with van der Waals surface area (Å²) in [6.45, 7) is 21.1. The number of allylic oxidation sites excluding steroid dienone is 5. The van der Waals surface area contributed by atoms with Gasteiger partial charge in [-0.25, -0.2) is 8.42 Å². The highest BCUT2D eigenvalue weighted by molar-refractivity contribution is 8.04. The number of piperidine rings is 2. The number of ether oxygens (including phenoxy) is 4. The SMILES string of the molecule is C1=CCCC1.C1=CCCC1.C1=CNCCC1.C1=COCC1.C1=CSC=CN1.C1CCC1.C1CCC1.C1CCCC1.C1CCCC1.C1CCCCCC1.C1CCCCCC1.C1CCCOCC1.C1CCNC1.C1CCNCC1.C1CCNCC1.C1CCOC1.C1COCCN1.C1CSCCN1.C=S1(=O)CCCC1.O=C1CCCC1.O=S1(=O)CCNCC1. The highest BCUT2D eigenvalue weighted by Gasteiger charge is 2.14. The first kappa shape index (κ1) is 117. The van der Waals surface area contributed by atoms with Gasteiger partial charge < -0.3 is 61.5 Å². The molecule has 12 heterocycles. The summed E-state index contributed by atoms with van der Waals surface area (Å²) in [6.07, 6.45) is 106. The van der Waals surface area contributed by atoms with Crippen molar-refractivity contribution in [2.24, 2.45) is 0 Å². The van der Waals surface area contributed by atoms with Gasteiger partial charge in [0.25, 0.3) is 0 Å². The summed E-state index contributed by atoms with van der Waals surface area (Å²) in [7, 11) is -4.19.